The minimum Gasteiger partial charge on any atom is -0.462 e. The first-order valence-corrected chi connectivity index (χ1v) is 23.0. The largest absolute Gasteiger partial charge is 0.462 e. The Hall–Kier alpha value is -2.37. The van der Waals surface area contributed by atoms with Crippen LogP contribution in [-0.2, 0) is 28.6 Å². The molecule has 0 N–H and O–H groups in total. The Morgan fingerprint density at radius 1 is 0.389 bits per heavy atom. The summed E-state index contributed by atoms with van der Waals surface area (Å²) < 4.78 is 16.6. The molecule has 0 amide bonds. The van der Waals surface area contributed by atoms with Crippen molar-refractivity contribution in [2.75, 3.05) is 13.2 Å². The minimum atomic E-state index is -0.783. The molecule has 0 aromatic carbocycles. The molecule has 0 saturated heterocycles. The number of ether oxygens (including phenoxy) is 3. The van der Waals surface area contributed by atoms with Gasteiger partial charge in [0.05, 0.1) is 0 Å². The maximum atomic E-state index is 12.7. The lowest BCUT2D eigenvalue weighted by Crippen LogP contribution is -2.30. The molecule has 1 unspecified atom stereocenters. The first-order valence-electron chi connectivity index (χ1n) is 23.0. The van der Waals surface area contributed by atoms with Crippen LogP contribution in [-0.4, -0.2) is 37.2 Å². The summed E-state index contributed by atoms with van der Waals surface area (Å²) in [5, 5.41) is 0. The van der Waals surface area contributed by atoms with Crippen molar-refractivity contribution in [3.05, 3.63) is 36.5 Å². The highest BCUT2D eigenvalue weighted by Crippen LogP contribution is 2.15. The van der Waals surface area contributed by atoms with Crippen molar-refractivity contribution in [2.45, 2.75) is 239 Å². The zero-order valence-electron chi connectivity index (χ0n) is 35.7. The monoisotopic (exact) mass is 759 g/mol. The van der Waals surface area contributed by atoms with E-state index in [0.717, 1.165) is 83.5 Å². The van der Waals surface area contributed by atoms with Crippen LogP contribution in [0.2, 0.25) is 0 Å². The predicted molar refractivity (Wildman–Crippen MR) is 229 cm³/mol. The Morgan fingerprint density at radius 3 is 1.22 bits per heavy atom. The fourth-order valence-corrected chi connectivity index (χ4v) is 6.40. The first kappa shape index (κ1) is 51.6. The molecule has 0 heterocycles. The molecule has 0 aliphatic heterocycles. The van der Waals surface area contributed by atoms with Crippen molar-refractivity contribution in [1.29, 1.82) is 0 Å². The molecule has 0 aromatic heterocycles. The van der Waals surface area contributed by atoms with E-state index in [0.29, 0.717) is 19.3 Å². The summed E-state index contributed by atoms with van der Waals surface area (Å²) in [4.78, 5) is 37.6. The van der Waals surface area contributed by atoms with Crippen molar-refractivity contribution in [2.24, 2.45) is 0 Å². The second kappa shape index (κ2) is 43.4. The highest BCUT2D eigenvalue weighted by atomic mass is 16.6. The predicted octanol–water partition coefficient (Wildman–Crippen LogP) is 14.6. The minimum absolute atomic E-state index is 0.0836. The number of rotatable bonds is 41. The van der Waals surface area contributed by atoms with Crippen LogP contribution in [0, 0.1) is 0 Å². The molecule has 0 aliphatic carbocycles. The molecule has 6 heteroatoms. The van der Waals surface area contributed by atoms with Gasteiger partial charge < -0.3 is 14.2 Å². The number of carbonyl (C=O) groups excluding carboxylic acids is 3. The maximum absolute atomic E-state index is 12.7. The number of unbranched alkanes of at least 4 members (excludes halogenated alkanes) is 24. The molecule has 0 aromatic rings. The second-order valence-corrected chi connectivity index (χ2v) is 15.3. The van der Waals surface area contributed by atoms with E-state index in [4.69, 9.17) is 14.2 Å². The number of esters is 3. The summed E-state index contributed by atoms with van der Waals surface area (Å²) in [5.41, 5.74) is 0. The zero-order chi connectivity index (χ0) is 39.4. The first-order chi connectivity index (χ1) is 26.5. The summed E-state index contributed by atoms with van der Waals surface area (Å²) in [5.74, 6) is -0.930. The third-order valence-corrected chi connectivity index (χ3v) is 9.88. The number of hydrogen-bond donors (Lipinski definition) is 0. The topological polar surface area (TPSA) is 78.9 Å². The van der Waals surface area contributed by atoms with E-state index in [1.54, 1.807) is 0 Å². The van der Waals surface area contributed by atoms with Gasteiger partial charge in [0, 0.05) is 19.3 Å². The van der Waals surface area contributed by atoms with Crippen molar-refractivity contribution in [1.82, 2.24) is 0 Å². The van der Waals surface area contributed by atoms with Crippen molar-refractivity contribution in [3.63, 3.8) is 0 Å². The molecular weight excluding hydrogens is 673 g/mol. The van der Waals surface area contributed by atoms with E-state index in [1.165, 1.54) is 109 Å². The van der Waals surface area contributed by atoms with E-state index >= 15 is 0 Å². The van der Waals surface area contributed by atoms with Crippen LogP contribution < -0.4 is 0 Å². The smallest absolute Gasteiger partial charge is 0.306 e. The third-order valence-electron chi connectivity index (χ3n) is 9.88. The van der Waals surface area contributed by atoms with Gasteiger partial charge in [-0.2, -0.15) is 0 Å². The van der Waals surface area contributed by atoms with Crippen LogP contribution in [0.25, 0.3) is 0 Å². The highest BCUT2D eigenvalue weighted by Gasteiger charge is 2.19. The molecule has 0 saturated carbocycles. The molecule has 0 aliphatic rings. The summed E-state index contributed by atoms with van der Waals surface area (Å²) in [6.07, 6.45) is 48.6. The zero-order valence-corrected chi connectivity index (χ0v) is 35.7. The summed E-state index contributed by atoms with van der Waals surface area (Å²) in [6, 6.07) is 0. The summed E-state index contributed by atoms with van der Waals surface area (Å²) >= 11 is 0. The molecule has 0 radical (unpaired) electrons. The van der Waals surface area contributed by atoms with Gasteiger partial charge >= 0.3 is 17.9 Å². The fourth-order valence-electron chi connectivity index (χ4n) is 6.40. The molecular formula is C48H86O6. The average Bonchev–Trinajstić information content (AvgIpc) is 3.17. The van der Waals surface area contributed by atoms with Gasteiger partial charge in [-0.15, -0.1) is 0 Å². The molecule has 6 nitrogen and oxygen atoms in total. The summed E-state index contributed by atoms with van der Waals surface area (Å²) in [6.45, 7) is 6.44. The van der Waals surface area contributed by atoms with Crippen LogP contribution in [0.5, 0.6) is 0 Å². The van der Waals surface area contributed by atoms with Crippen LogP contribution in [0.1, 0.15) is 233 Å². The third kappa shape index (κ3) is 40.8. The SMILES string of the molecule is CC/C=C\C/C=C\CCCCC(=O)OCC(COC(=O)CCCCCCCCCCCCCCCCCC)OC(=O)CCCCCCC/C=C\CCCC. The quantitative estimate of drug-likeness (QED) is 0.0267. The number of hydrogen-bond acceptors (Lipinski definition) is 6. The number of carbonyl (C=O) groups is 3. The summed E-state index contributed by atoms with van der Waals surface area (Å²) in [7, 11) is 0. The van der Waals surface area contributed by atoms with Gasteiger partial charge in [-0.3, -0.25) is 14.4 Å². The maximum Gasteiger partial charge on any atom is 0.306 e. The van der Waals surface area contributed by atoms with Gasteiger partial charge in [-0.1, -0.05) is 186 Å². The van der Waals surface area contributed by atoms with Crippen molar-refractivity contribution in [3.8, 4) is 0 Å². The molecule has 0 fully saturated rings. The Kier molecular flexibility index (Phi) is 41.5. The molecule has 0 bridgehead atoms. The van der Waals surface area contributed by atoms with E-state index in [-0.39, 0.29) is 31.1 Å². The van der Waals surface area contributed by atoms with Crippen LogP contribution in [0.3, 0.4) is 0 Å². The van der Waals surface area contributed by atoms with Crippen LogP contribution >= 0.6 is 0 Å². The molecule has 314 valence electrons. The van der Waals surface area contributed by atoms with Crippen LogP contribution in [0.15, 0.2) is 36.5 Å². The lowest BCUT2D eigenvalue weighted by atomic mass is 10.0. The second-order valence-electron chi connectivity index (χ2n) is 15.3. The Morgan fingerprint density at radius 2 is 0.741 bits per heavy atom. The Labute approximate surface area is 334 Å². The van der Waals surface area contributed by atoms with Gasteiger partial charge in [0.15, 0.2) is 6.10 Å². The Balaban J connectivity index is 4.32. The van der Waals surface area contributed by atoms with E-state index in [2.05, 4.69) is 57.2 Å². The molecule has 1 atom stereocenters. The lowest BCUT2D eigenvalue weighted by molar-refractivity contribution is -0.167. The van der Waals surface area contributed by atoms with Gasteiger partial charge in [0.25, 0.3) is 0 Å². The van der Waals surface area contributed by atoms with Crippen molar-refractivity contribution < 1.29 is 28.6 Å². The van der Waals surface area contributed by atoms with Gasteiger partial charge in [0.1, 0.15) is 13.2 Å². The Bertz CT molecular complexity index is 922. The standard InChI is InChI=1S/C48H86O6/c1-4-7-10-13-16-19-21-22-23-24-25-27-29-32-35-38-41-47(50)53-44-45(43-52-46(49)40-37-34-31-28-18-15-12-9-6-3)54-48(51)42-39-36-33-30-26-20-17-14-11-8-5-2/h9,12,14,17-18,28,45H,4-8,10-11,13,15-16,19-27,29-44H2,1-3H3/b12-9-,17-14-,28-18-. The molecule has 0 rings (SSSR count). The highest BCUT2D eigenvalue weighted by molar-refractivity contribution is 5.71. The van der Waals surface area contributed by atoms with E-state index in [1.807, 2.05) is 0 Å². The van der Waals surface area contributed by atoms with E-state index < -0.39 is 6.10 Å². The molecule has 54 heavy (non-hydrogen) atoms. The van der Waals surface area contributed by atoms with Gasteiger partial charge in [0.2, 0.25) is 0 Å². The fraction of sp³-hybridized carbons (Fsp3) is 0.812. The van der Waals surface area contributed by atoms with Gasteiger partial charge in [-0.05, 0) is 64.2 Å². The van der Waals surface area contributed by atoms with Gasteiger partial charge in [-0.25, -0.2) is 0 Å². The lowest BCUT2D eigenvalue weighted by Gasteiger charge is -2.18. The average molecular weight is 759 g/mol. The van der Waals surface area contributed by atoms with Crippen molar-refractivity contribution >= 4 is 17.9 Å². The molecule has 0 spiro atoms. The van der Waals surface area contributed by atoms with Crippen LogP contribution in [0.4, 0.5) is 0 Å². The normalized spacial score (nSPS) is 12.3. The number of allylic oxidation sites excluding steroid dienone is 6. The van der Waals surface area contributed by atoms with E-state index in [9.17, 15) is 14.4 Å².